The monoisotopic (exact) mass is 404 g/mol. The molecule has 1 aromatic heterocycles. The van der Waals surface area contributed by atoms with Gasteiger partial charge in [-0.25, -0.2) is 0 Å². The summed E-state index contributed by atoms with van der Waals surface area (Å²) in [5, 5.41) is 4.16. The molecule has 2 aromatic carbocycles. The maximum Gasteiger partial charge on any atom is 0.258 e. The number of aromatic nitrogens is 2. The van der Waals surface area contributed by atoms with Gasteiger partial charge < -0.3 is 9.42 Å². The highest BCUT2D eigenvalue weighted by Crippen LogP contribution is 2.23. The first-order valence-electron chi connectivity index (χ1n) is 10.6. The van der Waals surface area contributed by atoms with Crippen LogP contribution in [0.25, 0.3) is 22.8 Å². The van der Waals surface area contributed by atoms with Crippen LogP contribution in [0.15, 0.2) is 59.1 Å². The van der Waals surface area contributed by atoms with Crippen LogP contribution in [0.1, 0.15) is 25.8 Å². The van der Waals surface area contributed by atoms with Gasteiger partial charge in [-0.05, 0) is 29.7 Å². The zero-order valence-electron chi connectivity index (χ0n) is 17.6. The topological polar surface area (TPSA) is 62.5 Å². The number of rotatable bonds is 6. The summed E-state index contributed by atoms with van der Waals surface area (Å²) in [7, 11) is 0. The average molecular weight is 405 g/mol. The number of hydrogen-bond acceptors (Lipinski definition) is 5. The first-order chi connectivity index (χ1) is 14.6. The molecule has 6 heteroatoms. The van der Waals surface area contributed by atoms with Crippen molar-refractivity contribution in [2.24, 2.45) is 5.92 Å². The molecule has 0 atom stereocenters. The summed E-state index contributed by atoms with van der Waals surface area (Å²) in [6, 6.07) is 18.1. The van der Waals surface area contributed by atoms with Crippen molar-refractivity contribution in [1.82, 2.24) is 19.9 Å². The summed E-state index contributed by atoms with van der Waals surface area (Å²) in [6.45, 7) is 8.43. The lowest BCUT2D eigenvalue weighted by Gasteiger charge is -2.35. The van der Waals surface area contributed by atoms with Crippen molar-refractivity contribution >= 4 is 5.91 Å². The van der Waals surface area contributed by atoms with E-state index in [1.807, 2.05) is 47.4 Å². The van der Waals surface area contributed by atoms with Gasteiger partial charge in [0.25, 0.3) is 5.89 Å². The van der Waals surface area contributed by atoms with Crippen LogP contribution in [0.3, 0.4) is 0 Å². The maximum atomic E-state index is 12.3. The van der Waals surface area contributed by atoms with Crippen molar-refractivity contribution in [1.29, 1.82) is 0 Å². The smallest absolute Gasteiger partial charge is 0.258 e. The predicted octanol–water partition coefficient (Wildman–Crippen LogP) is 4.09. The molecule has 0 unspecified atom stereocenters. The van der Waals surface area contributed by atoms with E-state index in [1.165, 1.54) is 5.56 Å². The standard InChI is InChI=1S/C24H28N4O2/c1-18(2)15-22(29)28-13-11-27(12-14-28)17-19-7-6-10-21(16-19)23-25-24(30-26-23)20-8-4-3-5-9-20/h3-10,16,18H,11-15,17H2,1-2H3. The zero-order valence-corrected chi connectivity index (χ0v) is 17.6. The highest BCUT2D eigenvalue weighted by molar-refractivity contribution is 5.76. The molecule has 0 spiro atoms. The molecule has 0 N–H and O–H groups in total. The van der Waals surface area contributed by atoms with Crippen molar-refractivity contribution < 1.29 is 9.32 Å². The highest BCUT2D eigenvalue weighted by Gasteiger charge is 2.21. The molecule has 3 aromatic rings. The summed E-state index contributed by atoms with van der Waals surface area (Å²) in [5.41, 5.74) is 3.07. The van der Waals surface area contributed by atoms with Crippen molar-refractivity contribution in [2.75, 3.05) is 26.2 Å². The average Bonchev–Trinajstić information content (AvgIpc) is 3.25. The second-order valence-electron chi connectivity index (χ2n) is 8.24. The molecule has 1 amide bonds. The lowest BCUT2D eigenvalue weighted by Crippen LogP contribution is -2.48. The highest BCUT2D eigenvalue weighted by atomic mass is 16.5. The second kappa shape index (κ2) is 9.22. The first kappa shape index (κ1) is 20.3. The molecule has 1 aliphatic heterocycles. The lowest BCUT2D eigenvalue weighted by molar-refractivity contribution is -0.133. The largest absolute Gasteiger partial charge is 0.340 e. The molecule has 2 heterocycles. The van der Waals surface area contributed by atoms with E-state index in [9.17, 15) is 4.79 Å². The minimum Gasteiger partial charge on any atom is -0.340 e. The van der Waals surface area contributed by atoms with Gasteiger partial charge in [0, 0.05) is 50.3 Å². The van der Waals surface area contributed by atoms with E-state index in [1.54, 1.807) is 0 Å². The van der Waals surface area contributed by atoms with Gasteiger partial charge >= 0.3 is 0 Å². The van der Waals surface area contributed by atoms with Gasteiger partial charge in [-0.3, -0.25) is 9.69 Å². The van der Waals surface area contributed by atoms with Gasteiger partial charge in [-0.2, -0.15) is 4.98 Å². The molecule has 1 saturated heterocycles. The number of carbonyl (C=O) groups is 1. The molecule has 0 radical (unpaired) electrons. The first-order valence-corrected chi connectivity index (χ1v) is 10.6. The minimum atomic E-state index is 0.276. The van der Waals surface area contributed by atoms with E-state index in [2.05, 4.69) is 41.0 Å². The Morgan fingerprint density at radius 3 is 2.47 bits per heavy atom. The molecule has 1 aliphatic rings. The number of benzene rings is 2. The van der Waals surface area contributed by atoms with Gasteiger partial charge in [-0.15, -0.1) is 0 Å². The van der Waals surface area contributed by atoms with E-state index < -0.39 is 0 Å². The minimum absolute atomic E-state index is 0.276. The molecular weight excluding hydrogens is 376 g/mol. The second-order valence-corrected chi connectivity index (χ2v) is 8.24. The van der Waals surface area contributed by atoms with Crippen LogP contribution in [0.2, 0.25) is 0 Å². The van der Waals surface area contributed by atoms with Gasteiger partial charge in [0.2, 0.25) is 11.7 Å². The molecule has 30 heavy (non-hydrogen) atoms. The van der Waals surface area contributed by atoms with Crippen LogP contribution in [0.4, 0.5) is 0 Å². The molecular formula is C24H28N4O2. The number of nitrogens with zero attached hydrogens (tertiary/aromatic N) is 4. The Morgan fingerprint density at radius 2 is 1.73 bits per heavy atom. The van der Waals surface area contributed by atoms with Gasteiger partial charge in [0.1, 0.15) is 0 Å². The number of hydrogen-bond donors (Lipinski definition) is 0. The molecule has 6 nitrogen and oxygen atoms in total. The fraction of sp³-hybridized carbons (Fsp3) is 0.375. The predicted molar refractivity (Wildman–Crippen MR) is 116 cm³/mol. The Hall–Kier alpha value is -2.99. The van der Waals surface area contributed by atoms with Gasteiger partial charge in [-0.1, -0.05) is 55.4 Å². The Balaban J connectivity index is 1.38. The Kier molecular flexibility index (Phi) is 6.23. The van der Waals surface area contributed by atoms with E-state index >= 15 is 0 Å². The summed E-state index contributed by atoms with van der Waals surface area (Å²) in [4.78, 5) is 21.2. The quantitative estimate of drug-likeness (QED) is 0.619. The van der Waals surface area contributed by atoms with Crippen molar-refractivity contribution in [3.63, 3.8) is 0 Å². The third-order valence-corrected chi connectivity index (χ3v) is 5.35. The molecule has 1 fully saturated rings. The van der Waals surface area contributed by atoms with Gasteiger partial charge in [0.15, 0.2) is 0 Å². The van der Waals surface area contributed by atoms with Crippen molar-refractivity contribution in [3.05, 3.63) is 60.2 Å². The molecule has 156 valence electrons. The van der Waals surface area contributed by atoms with Crippen LogP contribution in [-0.4, -0.2) is 52.0 Å². The summed E-state index contributed by atoms with van der Waals surface area (Å²) in [6.07, 6.45) is 0.637. The number of carbonyl (C=O) groups excluding carboxylic acids is 1. The SMILES string of the molecule is CC(C)CC(=O)N1CCN(Cc2cccc(-c3noc(-c4ccccc4)n3)c2)CC1. The fourth-order valence-corrected chi connectivity index (χ4v) is 3.74. The summed E-state index contributed by atoms with van der Waals surface area (Å²) >= 11 is 0. The molecule has 0 saturated carbocycles. The van der Waals surface area contributed by atoms with Crippen LogP contribution < -0.4 is 0 Å². The fourth-order valence-electron chi connectivity index (χ4n) is 3.74. The van der Waals surface area contributed by atoms with E-state index in [4.69, 9.17) is 4.52 Å². The molecule has 4 rings (SSSR count). The lowest BCUT2D eigenvalue weighted by atomic mass is 10.1. The third-order valence-electron chi connectivity index (χ3n) is 5.35. The summed E-state index contributed by atoms with van der Waals surface area (Å²) < 4.78 is 5.45. The van der Waals surface area contributed by atoms with Crippen molar-refractivity contribution in [2.45, 2.75) is 26.8 Å². The zero-order chi connectivity index (χ0) is 20.9. The van der Waals surface area contributed by atoms with E-state index in [-0.39, 0.29) is 5.91 Å². The van der Waals surface area contributed by atoms with E-state index in [0.29, 0.717) is 24.1 Å². The van der Waals surface area contributed by atoms with E-state index in [0.717, 1.165) is 43.9 Å². The maximum absolute atomic E-state index is 12.3. The van der Waals surface area contributed by atoms with Crippen LogP contribution >= 0.6 is 0 Å². The Morgan fingerprint density at radius 1 is 1.00 bits per heavy atom. The normalized spacial score (nSPS) is 15.0. The third kappa shape index (κ3) is 4.94. The van der Waals surface area contributed by atoms with Crippen LogP contribution in [-0.2, 0) is 11.3 Å². The van der Waals surface area contributed by atoms with Crippen LogP contribution in [0, 0.1) is 5.92 Å². The number of amides is 1. The summed E-state index contributed by atoms with van der Waals surface area (Å²) in [5.74, 6) is 1.81. The number of piperazine rings is 1. The van der Waals surface area contributed by atoms with Gasteiger partial charge in [0.05, 0.1) is 0 Å². The molecule has 0 bridgehead atoms. The molecule has 0 aliphatic carbocycles. The van der Waals surface area contributed by atoms with Crippen molar-refractivity contribution in [3.8, 4) is 22.8 Å². The Bertz CT molecular complexity index is 976. The van der Waals surface area contributed by atoms with Crippen LogP contribution in [0.5, 0.6) is 0 Å². The Labute approximate surface area is 177 Å².